The van der Waals surface area contributed by atoms with E-state index in [4.69, 9.17) is 27.9 Å². The van der Waals surface area contributed by atoms with Crippen LogP contribution in [0, 0.1) is 0 Å². The Hall–Kier alpha value is -2.73. The molecule has 2 aliphatic rings. The fraction of sp³-hybridized carbons (Fsp3) is 0.345. The zero-order chi connectivity index (χ0) is 24.9. The van der Waals surface area contributed by atoms with E-state index in [1.165, 1.54) is 5.56 Å². The average molecular weight is 524 g/mol. The van der Waals surface area contributed by atoms with Crippen molar-refractivity contribution in [3.63, 3.8) is 0 Å². The van der Waals surface area contributed by atoms with Crippen LogP contribution in [0.25, 0.3) is 0 Å². The lowest BCUT2D eigenvalue weighted by Crippen LogP contribution is -2.46. The van der Waals surface area contributed by atoms with E-state index in [2.05, 4.69) is 28.0 Å². The number of rotatable bonds is 8. The molecule has 0 unspecified atom stereocenters. The summed E-state index contributed by atoms with van der Waals surface area (Å²) < 4.78 is 6.11. The average Bonchev–Trinajstić information content (AvgIpc) is 2.91. The van der Waals surface area contributed by atoms with Gasteiger partial charge in [-0.25, -0.2) is 0 Å². The van der Waals surface area contributed by atoms with Crippen molar-refractivity contribution in [2.24, 2.45) is 0 Å². The van der Waals surface area contributed by atoms with Crippen molar-refractivity contribution in [3.8, 4) is 5.75 Å². The van der Waals surface area contributed by atoms with E-state index in [9.17, 15) is 4.79 Å². The Morgan fingerprint density at radius 3 is 2.42 bits per heavy atom. The molecular weight excluding hydrogens is 493 g/mol. The fourth-order valence-electron chi connectivity index (χ4n) is 4.94. The minimum absolute atomic E-state index is 0.170. The van der Waals surface area contributed by atoms with Gasteiger partial charge in [-0.3, -0.25) is 9.69 Å². The van der Waals surface area contributed by atoms with Gasteiger partial charge in [-0.15, -0.1) is 0 Å². The second-order valence-electron chi connectivity index (χ2n) is 9.39. The van der Waals surface area contributed by atoms with E-state index in [1.807, 2.05) is 53.4 Å². The van der Waals surface area contributed by atoms with Crippen LogP contribution < -0.4 is 14.5 Å². The van der Waals surface area contributed by atoms with Gasteiger partial charge in [0.25, 0.3) is 0 Å². The summed E-state index contributed by atoms with van der Waals surface area (Å²) in [6.45, 7) is 6.19. The number of hydrogen-bond donors (Lipinski definition) is 0. The standard InChI is InChI=1S/C29H31Cl2N3O2/c30-26-11-9-24(19-27(26)31)33-16-14-32(15-17-33)13-4-18-36-25-10-7-23-8-12-29(35)34(28(23)20-25)21-22-5-2-1-3-6-22/h1-3,5-7,9-11,19-20H,4,8,12-18,21H2. The monoisotopic (exact) mass is 523 g/mol. The molecule has 7 heteroatoms. The molecule has 188 valence electrons. The number of aryl methyl sites for hydroxylation is 1. The van der Waals surface area contributed by atoms with Crippen LogP contribution in [0.2, 0.25) is 10.0 Å². The molecule has 0 saturated carbocycles. The van der Waals surface area contributed by atoms with Crippen LogP contribution in [-0.4, -0.2) is 50.1 Å². The van der Waals surface area contributed by atoms with Crippen LogP contribution in [0.4, 0.5) is 11.4 Å². The van der Waals surface area contributed by atoms with Crippen molar-refractivity contribution in [1.82, 2.24) is 4.90 Å². The highest BCUT2D eigenvalue weighted by molar-refractivity contribution is 6.42. The molecule has 3 aromatic carbocycles. The lowest BCUT2D eigenvalue weighted by Gasteiger charge is -2.36. The van der Waals surface area contributed by atoms with Crippen LogP contribution in [-0.2, 0) is 17.8 Å². The minimum atomic E-state index is 0.170. The topological polar surface area (TPSA) is 36.0 Å². The summed E-state index contributed by atoms with van der Waals surface area (Å²) in [6, 6.07) is 22.2. The maximum atomic E-state index is 12.7. The third kappa shape index (κ3) is 5.97. The van der Waals surface area contributed by atoms with Gasteiger partial charge < -0.3 is 14.5 Å². The quantitative estimate of drug-likeness (QED) is 0.336. The molecule has 0 spiro atoms. The summed E-state index contributed by atoms with van der Waals surface area (Å²) in [5.74, 6) is 0.995. The molecule has 36 heavy (non-hydrogen) atoms. The lowest BCUT2D eigenvalue weighted by molar-refractivity contribution is -0.119. The first-order valence-electron chi connectivity index (χ1n) is 12.6. The maximum Gasteiger partial charge on any atom is 0.227 e. The molecule has 0 radical (unpaired) electrons. The minimum Gasteiger partial charge on any atom is -0.493 e. The third-order valence-electron chi connectivity index (χ3n) is 6.97. The molecule has 5 rings (SSSR count). The first kappa shape index (κ1) is 24.9. The van der Waals surface area contributed by atoms with Gasteiger partial charge in [-0.1, -0.05) is 59.6 Å². The lowest BCUT2D eigenvalue weighted by atomic mass is 10.00. The number of carbonyl (C=O) groups excluding carboxylic acids is 1. The molecular formula is C29H31Cl2N3O2. The van der Waals surface area contributed by atoms with Gasteiger partial charge in [0.05, 0.1) is 28.9 Å². The van der Waals surface area contributed by atoms with E-state index in [0.29, 0.717) is 29.6 Å². The summed E-state index contributed by atoms with van der Waals surface area (Å²) in [7, 11) is 0. The Kier molecular flexibility index (Phi) is 8.00. The fourth-order valence-corrected chi connectivity index (χ4v) is 5.23. The normalized spacial score (nSPS) is 16.2. The molecule has 0 bridgehead atoms. The number of fused-ring (bicyclic) bond motifs is 1. The predicted molar refractivity (Wildman–Crippen MR) is 148 cm³/mol. The molecule has 3 aromatic rings. The van der Waals surface area contributed by atoms with Gasteiger partial charge in [0.15, 0.2) is 0 Å². The number of ether oxygens (including phenoxy) is 1. The molecule has 0 aliphatic carbocycles. The first-order chi connectivity index (χ1) is 17.6. The highest BCUT2D eigenvalue weighted by atomic mass is 35.5. The van der Waals surface area contributed by atoms with Crippen molar-refractivity contribution in [2.75, 3.05) is 49.1 Å². The smallest absolute Gasteiger partial charge is 0.227 e. The van der Waals surface area contributed by atoms with Crippen LogP contribution in [0.1, 0.15) is 24.0 Å². The molecule has 0 atom stereocenters. The number of anilines is 2. The zero-order valence-corrected chi connectivity index (χ0v) is 21.8. The molecule has 2 aliphatic heterocycles. The second-order valence-corrected chi connectivity index (χ2v) is 10.2. The first-order valence-corrected chi connectivity index (χ1v) is 13.3. The van der Waals surface area contributed by atoms with Crippen molar-refractivity contribution in [1.29, 1.82) is 0 Å². The Balaban J connectivity index is 1.11. The maximum absolute atomic E-state index is 12.7. The molecule has 1 amide bonds. The summed E-state index contributed by atoms with van der Waals surface area (Å²) in [6.07, 6.45) is 2.29. The Morgan fingerprint density at radius 2 is 1.64 bits per heavy atom. The molecule has 2 heterocycles. The summed E-state index contributed by atoms with van der Waals surface area (Å²) in [5, 5.41) is 1.19. The molecule has 0 N–H and O–H groups in total. The van der Waals surface area contributed by atoms with Gasteiger partial charge in [0.2, 0.25) is 5.91 Å². The van der Waals surface area contributed by atoms with Crippen molar-refractivity contribution in [3.05, 3.63) is 87.9 Å². The Bertz CT molecular complexity index is 1200. The van der Waals surface area contributed by atoms with Crippen molar-refractivity contribution >= 4 is 40.5 Å². The van der Waals surface area contributed by atoms with Crippen LogP contribution in [0.15, 0.2) is 66.7 Å². The van der Waals surface area contributed by atoms with Gasteiger partial charge >= 0.3 is 0 Å². The number of halogens is 2. The number of benzene rings is 3. The van der Waals surface area contributed by atoms with E-state index in [-0.39, 0.29) is 5.91 Å². The van der Waals surface area contributed by atoms with E-state index < -0.39 is 0 Å². The number of amides is 1. The van der Waals surface area contributed by atoms with E-state index >= 15 is 0 Å². The van der Waals surface area contributed by atoms with E-state index in [1.54, 1.807) is 0 Å². The van der Waals surface area contributed by atoms with Crippen LogP contribution in [0.3, 0.4) is 0 Å². The molecule has 1 fully saturated rings. The second kappa shape index (κ2) is 11.5. The van der Waals surface area contributed by atoms with Crippen molar-refractivity contribution in [2.45, 2.75) is 25.8 Å². The van der Waals surface area contributed by atoms with Crippen molar-refractivity contribution < 1.29 is 9.53 Å². The number of hydrogen-bond acceptors (Lipinski definition) is 4. The molecule has 1 saturated heterocycles. The predicted octanol–water partition coefficient (Wildman–Crippen LogP) is 6.06. The van der Waals surface area contributed by atoms with Gasteiger partial charge in [0, 0.05) is 50.9 Å². The summed E-state index contributed by atoms with van der Waals surface area (Å²) >= 11 is 12.2. The molecule has 5 nitrogen and oxygen atoms in total. The highest BCUT2D eigenvalue weighted by Gasteiger charge is 2.25. The number of piperazine rings is 1. The van der Waals surface area contributed by atoms with E-state index in [0.717, 1.165) is 68.3 Å². The Morgan fingerprint density at radius 1 is 0.833 bits per heavy atom. The summed E-state index contributed by atoms with van der Waals surface area (Å²) in [5.41, 5.74) is 4.44. The third-order valence-corrected chi connectivity index (χ3v) is 7.71. The SMILES string of the molecule is O=C1CCc2ccc(OCCCN3CCN(c4ccc(Cl)c(Cl)c4)CC3)cc2N1Cc1ccccc1. The number of carbonyl (C=O) groups is 1. The van der Waals surface area contributed by atoms with Gasteiger partial charge in [-0.05, 0) is 48.2 Å². The summed E-state index contributed by atoms with van der Waals surface area (Å²) in [4.78, 5) is 19.4. The number of nitrogens with zero attached hydrogens (tertiary/aromatic N) is 3. The molecule has 0 aromatic heterocycles. The van der Waals surface area contributed by atoms with Crippen LogP contribution >= 0.6 is 23.2 Å². The van der Waals surface area contributed by atoms with Gasteiger partial charge in [-0.2, -0.15) is 0 Å². The van der Waals surface area contributed by atoms with Gasteiger partial charge in [0.1, 0.15) is 5.75 Å². The largest absolute Gasteiger partial charge is 0.493 e. The highest BCUT2D eigenvalue weighted by Crippen LogP contribution is 2.33. The van der Waals surface area contributed by atoms with Crippen LogP contribution in [0.5, 0.6) is 5.75 Å². The zero-order valence-electron chi connectivity index (χ0n) is 20.3. The Labute approximate surface area is 223 Å².